The van der Waals surface area contributed by atoms with E-state index in [0.717, 1.165) is 11.3 Å². The van der Waals surface area contributed by atoms with Crippen LogP contribution >= 0.6 is 0 Å². The van der Waals surface area contributed by atoms with Gasteiger partial charge in [-0.25, -0.2) is 9.67 Å². The van der Waals surface area contributed by atoms with Gasteiger partial charge in [0.2, 0.25) is 0 Å². The van der Waals surface area contributed by atoms with Crippen LogP contribution in [0.2, 0.25) is 0 Å². The summed E-state index contributed by atoms with van der Waals surface area (Å²) in [5.41, 5.74) is 2.74. The molecular weight excluding hydrogens is 418 g/mol. The van der Waals surface area contributed by atoms with Crippen LogP contribution in [0.5, 0.6) is 11.5 Å². The van der Waals surface area contributed by atoms with E-state index in [4.69, 9.17) is 9.72 Å². The SMILES string of the molecule is COc1ccc(CCNC(=O)c2cc(C(C)C)nc3c2cnn3C(C)C)cc1OC(F)F. The Balaban J connectivity index is 1.78. The molecule has 0 saturated carbocycles. The molecule has 2 heterocycles. The molecule has 1 aromatic carbocycles. The van der Waals surface area contributed by atoms with Crippen LogP contribution in [0, 0.1) is 0 Å². The first-order valence-corrected chi connectivity index (χ1v) is 10.5. The molecule has 0 bridgehead atoms. The van der Waals surface area contributed by atoms with Crippen LogP contribution in [0.4, 0.5) is 8.78 Å². The first-order chi connectivity index (χ1) is 15.2. The minimum atomic E-state index is -2.95. The number of carbonyl (C=O) groups is 1. The fraction of sp³-hybridized carbons (Fsp3) is 0.435. The smallest absolute Gasteiger partial charge is 0.387 e. The van der Waals surface area contributed by atoms with E-state index in [9.17, 15) is 13.6 Å². The Labute approximate surface area is 185 Å². The van der Waals surface area contributed by atoms with Crippen molar-refractivity contribution in [1.29, 1.82) is 0 Å². The average molecular weight is 446 g/mol. The third-order valence-corrected chi connectivity index (χ3v) is 5.06. The number of benzene rings is 1. The highest BCUT2D eigenvalue weighted by Gasteiger charge is 2.19. The normalized spacial score (nSPS) is 11.6. The molecule has 172 valence electrons. The molecule has 0 saturated heterocycles. The number of ether oxygens (including phenoxy) is 2. The van der Waals surface area contributed by atoms with Crippen LogP contribution in [0.25, 0.3) is 11.0 Å². The highest BCUT2D eigenvalue weighted by Crippen LogP contribution is 2.29. The third kappa shape index (κ3) is 5.15. The van der Waals surface area contributed by atoms with E-state index in [-0.39, 0.29) is 29.4 Å². The number of hydrogen-bond donors (Lipinski definition) is 1. The number of amides is 1. The van der Waals surface area contributed by atoms with Crippen LogP contribution in [0.1, 0.15) is 61.3 Å². The molecule has 0 spiro atoms. The van der Waals surface area contributed by atoms with Gasteiger partial charge in [-0.05, 0) is 49.9 Å². The second-order valence-corrected chi connectivity index (χ2v) is 8.04. The highest BCUT2D eigenvalue weighted by molar-refractivity contribution is 6.05. The summed E-state index contributed by atoms with van der Waals surface area (Å²) in [6, 6.07) is 6.72. The van der Waals surface area contributed by atoms with E-state index in [1.54, 1.807) is 29.1 Å². The van der Waals surface area contributed by atoms with Crippen molar-refractivity contribution in [3.05, 3.63) is 47.3 Å². The topological polar surface area (TPSA) is 78.3 Å². The van der Waals surface area contributed by atoms with Crippen molar-refractivity contribution in [2.75, 3.05) is 13.7 Å². The van der Waals surface area contributed by atoms with E-state index in [1.807, 2.05) is 27.7 Å². The fourth-order valence-corrected chi connectivity index (χ4v) is 3.38. The van der Waals surface area contributed by atoms with Crippen LogP contribution < -0.4 is 14.8 Å². The quantitative estimate of drug-likeness (QED) is 0.515. The van der Waals surface area contributed by atoms with Gasteiger partial charge in [0.25, 0.3) is 5.91 Å². The first kappa shape index (κ1) is 23.4. The Morgan fingerprint density at radius 2 is 1.91 bits per heavy atom. The van der Waals surface area contributed by atoms with Gasteiger partial charge < -0.3 is 14.8 Å². The lowest BCUT2D eigenvalue weighted by Crippen LogP contribution is -2.26. The van der Waals surface area contributed by atoms with Crippen molar-refractivity contribution in [3.8, 4) is 11.5 Å². The number of alkyl halides is 2. The molecule has 2 aromatic heterocycles. The summed E-state index contributed by atoms with van der Waals surface area (Å²) < 4.78 is 36.6. The molecule has 1 N–H and O–H groups in total. The van der Waals surface area contributed by atoms with E-state index in [1.165, 1.54) is 13.2 Å². The van der Waals surface area contributed by atoms with Gasteiger partial charge in [-0.3, -0.25) is 4.79 Å². The lowest BCUT2D eigenvalue weighted by atomic mass is 10.0. The number of halogens is 2. The van der Waals surface area contributed by atoms with Crippen molar-refractivity contribution in [2.45, 2.75) is 52.7 Å². The number of carbonyl (C=O) groups excluding carboxylic acids is 1. The summed E-state index contributed by atoms with van der Waals surface area (Å²) >= 11 is 0. The number of rotatable bonds is 9. The lowest BCUT2D eigenvalue weighted by molar-refractivity contribution is -0.0512. The Hall–Kier alpha value is -3.23. The van der Waals surface area contributed by atoms with Gasteiger partial charge in [0, 0.05) is 18.3 Å². The van der Waals surface area contributed by atoms with Crippen LogP contribution in [0.15, 0.2) is 30.5 Å². The van der Waals surface area contributed by atoms with Crippen molar-refractivity contribution in [2.24, 2.45) is 0 Å². The maximum Gasteiger partial charge on any atom is 0.387 e. The number of aromatic nitrogens is 3. The van der Waals surface area contributed by atoms with Crippen LogP contribution in [-0.4, -0.2) is 40.9 Å². The molecule has 0 atom stereocenters. The van der Waals surface area contributed by atoms with Gasteiger partial charge >= 0.3 is 6.61 Å². The standard InChI is InChI=1S/C23H28F2N4O3/c1-13(2)18-11-16(17-12-27-29(14(3)4)21(17)28-18)22(30)26-9-8-15-6-7-19(31-5)20(10-15)32-23(24)25/h6-7,10-14,23H,8-9H2,1-5H3,(H,26,30). The molecule has 1 amide bonds. The van der Waals surface area contributed by atoms with E-state index in [2.05, 4.69) is 15.2 Å². The summed E-state index contributed by atoms with van der Waals surface area (Å²) in [7, 11) is 1.38. The molecule has 0 aliphatic carbocycles. The summed E-state index contributed by atoms with van der Waals surface area (Å²) in [5, 5.41) is 8.00. The summed E-state index contributed by atoms with van der Waals surface area (Å²) in [4.78, 5) is 17.7. The molecule has 0 unspecified atom stereocenters. The Kier molecular flexibility index (Phi) is 7.27. The molecule has 0 fully saturated rings. The number of pyridine rings is 1. The Morgan fingerprint density at radius 3 is 2.53 bits per heavy atom. The van der Waals surface area contributed by atoms with Gasteiger partial charge in [0.15, 0.2) is 17.1 Å². The van der Waals surface area contributed by atoms with Crippen LogP contribution in [0.3, 0.4) is 0 Å². The third-order valence-electron chi connectivity index (χ3n) is 5.06. The number of methoxy groups -OCH3 is 1. The van der Waals surface area contributed by atoms with Crippen LogP contribution in [-0.2, 0) is 6.42 Å². The second-order valence-electron chi connectivity index (χ2n) is 8.04. The molecule has 32 heavy (non-hydrogen) atoms. The molecule has 0 aliphatic heterocycles. The molecular formula is C23H28F2N4O3. The zero-order chi connectivity index (χ0) is 23.4. The largest absolute Gasteiger partial charge is 0.493 e. The van der Waals surface area contributed by atoms with Gasteiger partial charge in [-0.2, -0.15) is 13.9 Å². The van der Waals surface area contributed by atoms with Gasteiger partial charge in [0.1, 0.15) is 0 Å². The van der Waals surface area contributed by atoms with Crippen molar-refractivity contribution < 1.29 is 23.0 Å². The number of hydrogen-bond acceptors (Lipinski definition) is 5. The maximum atomic E-state index is 13.0. The average Bonchev–Trinajstić information content (AvgIpc) is 3.17. The second kappa shape index (κ2) is 9.93. The first-order valence-electron chi connectivity index (χ1n) is 10.5. The maximum absolute atomic E-state index is 13.0. The minimum Gasteiger partial charge on any atom is -0.493 e. The zero-order valence-corrected chi connectivity index (χ0v) is 18.9. The molecule has 3 aromatic rings. The summed E-state index contributed by atoms with van der Waals surface area (Å²) in [5.74, 6) is 0.0969. The monoisotopic (exact) mass is 446 g/mol. The predicted molar refractivity (Wildman–Crippen MR) is 118 cm³/mol. The number of nitrogens with zero attached hydrogens (tertiary/aromatic N) is 3. The summed E-state index contributed by atoms with van der Waals surface area (Å²) in [6.45, 7) is 5.44. The fourth-order valence-electron chi connectivity index (χ4n) is 3.38. The van der Waals surface area contributed by atoms with E-state index in [0.29, 0.717) is 29.6 Å². The summed E-state index contributed by atoms with van der Waals surface area (Å²) in [6.07, 6.45) is 2.10. The van der Waals surface area contributed by atoms with Gasteiger partial charge in [0.05, 0.1) is 24.3 Å². The highest BCUT2D eigenvalue weighted by atomic mass is 19.3. The molecule has 7 nitrogen and oxygen atoms in total. The van der Waals surface area contributed by atoms with Crippen molar-refractivity contribution >= 4 is 16.9 Å². The number of fused-ring (bicyclic) bond motifs is 1. The van der Waals surface area contributed by atoms with Gasteiger partial charge in [-0.1, -0.05) is 19.9 Å². The van der Waals surface area contributed by atoms with E-state index >= 15 is 0 Å². The molecule has 3 rings (SSSR count). The number of nitrogens with one attached hydrogen (secondary N) is 1. The molecule has 0 radical (unpaired) electrons. The minimum absolute atomic E-state index is 0.0372. The lowest BCUT2D eigenvalue weighted by Gasteiger charge is -2.13. The van der Waals surface area contributed by atoms with Gasteiger partial charge in [-0.15, -0.1) is 0 Å². The Bertz CT molecular complexity index is 1100. The molecule has 9 heteroatoms. The Morgan fingerprint density at radius 1 is 1.16 bits per heavy atom. The molecule has 0 aliphatic rings. The van der Waals surface area contributed by atoms with E-state index < -0.39 is 6.61 Å². The van der Waals surface area contributed by atoms with Crippen molar-refractivity contribution in [3.63, 3.8) is 0 Å². The van der Waals surface area contributed by atoms with Crippen molar-refractivity contribution in [1.82, 2.24) is 20.1 Å². The predicted octanol–water partition coefficient (Wildman–Crippen LogP) is 4.72. The zero-order valence-electron chi connectivity index (χ0n) is 18.9.